The summed E-state index contributed by atoms with van der Waals surface area (Å²) in [5.74, 6) is 0.782. The molecule has 0 spiro atoms. The van der Waals surface area contributed by atoms with Gasteiger partial charge in [-0.25, -0.2) is 4.79 Å². The van der Waals surface area contributed by atoms with Crippen LogP contribution in [0.25, 0.3) is 0 Å². The van der Waals surface area contributed by atoms with Gasteiger partial charge in [0.05, 0.1) is 0 Å². The summed E-state index contributed by atoms with van der Waals surface area (Å²) in [5, 5.41) is 6.75. The Balaban J connectivity index is 1.69. The minimum Gasteiger partial charge on any atom is -0.444 e. The minimum absolute atomic E-state index is 0.243. The van der Waals surface area contributed by atoms with E-state index in [9.17, 15) is 4.79 Å². The molecule has 2 N–H and O–H groups in total. The highest BCUT2D eigenvalue weighted by molar-refractivity contribution is 5.68. The molecule has 5 nitrogen and oxygen atoms in total. The summed E-state index contributed by atoms with van der Waals surface area (Å²) in [6.07, 6.45) is 5.48. The van der Waals surface area contributed by atoms with Crippen molar-refractivity contribution in [1.29, 1.82) is 0 Å². The fourth-order valence-corrected chi connectivity index (χ4v) is 3.51. The van der Waals surface area contributed by atoms with Crippen LogP contribution in [0.5, 0.6) is 0 Å². The maximum absolute atomic E-state index is 11.9. The quantitative estimate of drug-likeness (QED) is 0.837. The molecule has 1 aliphatic carbocycles. The second-order valence-corrected chi connectivity index (χ2v) is 8.03. The predicted octanol–water partition coefficient (Wildman–Crippen LogP) is 2.36. The maximum atomic E-state index is 11.9. The molecular weight excluding hydrogens is 278 g/mol. The van der Waals surface area contributed by atoms with Crippen molar-refractivity contribution in [3.8, 4) is 0 Å². The third kappa shape index (κ3) is 6.13. The highest BCUT2D eigenvalue weighted by Crippen LogP contribution is 2.20. The highest BCUT2D eigenvalue weighted by Gasteiger charge is 2.26. The van der Waals surface area contributed by atoms with Gasteiger partial charge in [0.1, 0.15) is 5.60 Å². The zero-order valence-corrected chi connectivity index (χ0v) is 14.7. The normalized spacial score (nSPS) is 30.3. The second-order valence-electron chi connectivity index (χ2n) is 8.03. The molecule has 1 amide bonds. The number of carbonyl (C=O) groups excluding carboxylic acids is 1. The smallest absolute Gasteiger partial charge is 0.407 e. The molecule has 2 fully saturated rings. The maximum Gasteiger partial charge on any atom is 0.407 e. The van der Waals surface area contributed by atoms with Gasteiger partial charge < -0.3 is 20.3 Å². The number of rotatable bonds is 4. The lowest BCUT2D eigenvalue weighted by Crippen LogP contribution is -2.46. The first-order valence-corrected chi connectivity index (χ1v) is 8.73. The molecule has 5 heteroatoms. The van der Waals surface area contributed by atoms with Gasteiger partial charge in [0, 0.05) is 18.6 Å². The van der Waals surface area contributed by atoms with Gasteiger partial charge in [-0.3, -0.25) is 0 Å². The molecule has 22 heavy (non-hydrogen) atoms. The Kier molecular flexibility index (Phi) is 6.09. The van der Waals surface area contributed by atoms with Crippen molar-refractivity contribution in [1.82, 2.24) is 15.5 Å². The number of ether oxygens (including phenoxy) is 1. The van der Waals surface area contributed by atoms with Crippen LogP contribution in [-0.2, 0) is 4.74 Å². The molecule has 2 rings (SSSR count). The van der Waals surface area contributed by atoms with E-state index in [4.69, 9.17) is 4.74 Å². The number of nitrogens with one attached hydrogen (secondary N) is 2. The molecule has 3 atom stereocenters. The van der Waals surface area contributed by atoms with Gasteiger partial charge in [-0.1, -0.05) is 0 Å². The van der Waals surface area contributed by atoms with Crippen LogP contribution in [0.15, 0.2) is 0 Å². The second kappa shape index (κ2) is 7.64. The van der Waals surface area contributed by atoms with Crippen molar-refractivity contribution in [3.05, 3.63) is 0 Å². The van der Waals surface area contributed by atoms with Crippen LogP contribution >= 0.6 is 0 Å². The van der Waals surface area contributed by atoms with Gasteiger partial charge in [0.15, 0.2) is 0 Å². The lowest BCUT2D eigenvalue weighted by atomic mass is 9.90. The van der Waals surface area contributed by atoms with E-state index in [0.717, 1.165) is 25.3 Å². The SMILES string of the molecule is CN1CCC(CNC2CCCC(NC(=O)OC(C)(C)C)C2)C1. The number of amides is 1. The molecule has 1 heterocycles. The van der Waals surface area contributed by atoms with Crippen LogP contribution in [0.3, 0.4) is 0 Å². The molecule has 0 aromatic rings. The van der Waals surface area contributed by atoms with Crippen LogP contribution in [0.4, 0.5) is 4.79 Å². The molecule has 3 unspecified atom stereocenters. The van der Waals surface area contributed by atoms with Gasteiger partial charge in [0.25, 0.3) is 0 Å². The molecule has 1 aliphatic heterocycles. The van der Waals surface area contributed by atoms with Crippen LogP contribution in [-0.4, -0.2) is 55.4 Å². The molecule has 0 bridgehead atoms. The largest absolute Gasteiger partial charge is 0.444 e. The van der Waals surface area contributed by atoms with Crippen molar-refractivity contribution in [2.75, 3.05) is 26.7 Å². The highest BCUT2D eigenvalue weighted by atomic mass is 16.6. The summed E-state index contributed by atoms with van der Waals surface area (Å²) in [7, 11) is 2.20. The topological polar surface area (TPSA) is 53.6 Å². The van der Waals surface area contributed by atoms with Gasteiger partial charge in [-0.15, -0.1) is 0 Å². The first kappa shape index (κ1) is 17.5. The Morgan fingerprint density at radius 3 is 2.59 bits per heavy atom. The fourth-order valence-electron chi connectivity index (χ4n) is 3.51. The van der Waals surface area contributed by atoms with Crippen LogP contribution in [0.1, 0.15) is 52.9 Å². The first-order chi connectivity index (χ1) is 10.3. The number of hydrogen-bond donors (Lipinski definition) is 2. The Morgan fingerprint density at radius 1 is 1.23 bits per heavy atom. The van der Waals surface area contributed by atoms with Crippen molar-refractivity contribution in [3.63, 3.8) is 0 Å². The van der Waals surface area contributed by atoms with Gasteiger partial charge in [0.2, 0.25) is 0 Å². The summed E-state index contributed by atoms with van der Waals surface area (Å²) >= 11 is 0. The summed E-state index contributed by atoms with van der Waals surface area (Å²) in [5.41, 5.74) is -0.426. The van der Waals surface area contributed by atoms with Crippen LogP contribution in [0.2, 0.25) is 0 Å². The van der Waals surface area contributed by atoms with Crippen molar-refractivity contribution in [2.24, 2.45) is 5.92 Å². The molecule has 0 aromatic heterocycles. The van der Waals surface area contributed by atoms with E-state index in [-0.39, 0.29) is 12.1 Å². The van der Waals surface area contributed by atoms with Gasteiger partial charge in [-0.2, -0.15) is 0 Å². The average molecular weight is 311 g/mol. The van der Waals surface area contributed by atoms with E-state index in [1.165, 1.54) is 32.4 Å². The van der Waals surface area contributed by atoms with E-state index >= 15 is 0 Å². The first-order valence-electron chi connectivity index (χ1n) is 8.73. The lowest BCUT2D eigenvalue weighted by Gasteiger charge is -2.31. The Labute approximate surface area is 135 Å². The van der Waals surface area contributed by atoms with E-state index < -0.39 is 5.60 Å². The third-order valence-corrected chi connectivity index (χ3v) is 4.58. The summed E-state index contributed by atoms with van der Waals surface area (Å²) < 4.78 is 5.35. The van der Waals surface area contributed by atoms with Gasteiger partial charge in [-0.05, 0) is 78.9 Å². The minimum atomic E-state index is -0.426. The summed E-state index contributed by atoms with van der Waals surface area (Å²) in [6, 6.07) is 0.770. The Morgan fingerprint density at radius 2 is 1.95 bits per heavy atom. The molecule has 1 saturated heterocycles. The Bertz CT molecular complexity index is 367. The van der Waals surface area contributed by atoms with Crippen molar-refractivity contribution >= 4 is 6.09 Å². The molecule has 1 saturated carbocycles. The van der Waals surface area contributed by atoms with E-state index in [2.05, 4.69) is 22.6 Å². The summed E-state index contributed by atoms with van der Waals surface area (Å²) in [6.45, 7) is 9.23. The number of carbonyl (C=O) groups is 1. The molecule has 128 valence electrons. The van der Waals surface area contributed by atoms with Crippen LogP contribution in [0, 0.1) is 5.92 Å². The van der Waals surface area contributed by atoms with Gasteiger partial charge >= 0.3 is 6.09 Å². The third-order valence-electron chi connectivity index (χ3n) is 4.58. The molecule has 0 aromatic carbocycles. The molecular formula is C17H33N3O2. The molecule has 0 radical (unpaired) electrons. The monoisotopic (exact) mass is 311 g/mol. The zero-order chi connectivity index (χ0) is 16.2. The van der Waals surface area contributed by atoms with Crippen molar-refractivity contribution < 1.29 is 9.53 Å². The van der Waals surface area contributed by atoms with Crippen molar-refractivity contribution in [2.45, 2.75) is 70.6 Å². The molecule has 2 aliphatic rings. The van der Waals surface area contributed by atoms with Crippen LogP contribution < -0.4 is 10.6 Å². The lowest BCUT2D eigenvalue weighted by molar-refractivity contribution is 0.0488. The number of likely N-dealkylation sites (tertiary alicyclic amines) is 1. The zero-order valence-electron chi connectivity index (χ0n) is 14.7. The average Bonchev–Trinajstić information content (AvgIpc) is 2.80. The standard InChI is InChI=1S/C17H33N3O2/c1-17(2,3)22-16(21)19-15-7-5-6-14(10-15)18-11-13-8-9-20(4)12-13/h13-15,18H,5-12H2,1-4H3,(H,19,21). The van der Waals surface area contributed by atoms with E-state index in [1.807, 2.05) is 20.8 Å². The van der Waals surface area contributed by atoms with E-state index in [0.29, 0.717) is 6.04 Å². The Hall–Kier alpha value is -0.810. The van der Waals surface area contributed by atoms with E-state index in [1.54, 1.807) is 0 Å². The number of hydrogen-bond acceptors (Lipinski definition) is 4. The fraction of sp³-hybridized carbons (Fsp3) is 0.941. The summed E-state index contributed by atoms with van der Waals surface area (Å²) in [4.78, 5) is 14.3. The number of nitrogens with zero attached hydrogens (tertiary/aromatic N) is 1. The predicted molar refractivity (Wildman–Crippen MR) is 89.0 cm³/mol. The number of alkyl carbamates (subject to hydrolysis) is 1.